The van der Waals surface area contributed by atoms with Gasteiger partial charge in [0.1, 0.15) is 6.04 Å². The molecule has 1 unspecified atom stereocenters. The number of likely N-dealkylation sites (N-methyl/N-ethyl adjacent to an activating group) is 10. The SMILES string of the molecule is Cc1nnc(-c2ccc(CNC(=O)CCCC(=O)N(C)CC(=O)N(C)CC(=O)N(C)CC(=O)N(C)CC(=O)N(C)CC(=O)N(C)C(CC(=O)NCc3ccc(-c4nnc(C)nn4)cc3)C(=O)N(C)CC(=O)N(C)CC(=O)N(C)CC(=O)N(C)CC(=O)C(C)C)cc2)nn1. The third-order valence-corrected chi connectivity index (χ3v) is 14.7. The first kappa shape index (κ1) is 75.1. The summed E-state index contributed by atoms with van der Waals surface area (Å²) in [5.74, 6) is -6.47. The van der Waals surface area contributed by atoms with Gasteiger partial charge in [-0.2, -0.15) is 0 Å². The van der Waals surface area contributed by atoms with E-state index >= 15 is 0 Å². The van der Waals surface area contributed by atoms with Crippen molar-refractivity contribution >= 4 is 76.7 Å². The van der Waals surface area contributed by atoms with Crippen LogP contribution in [0.3, 0.4) is 0 Å². The summed E-state index contributed by atoms with van der Waals surface area (Å²) in [6.45, 7) is 2.80. The van der Waals surface area contributed by atoms with Gasteiger partial charge in [-0.1, -0.05) is 62.4 Å². The van der Waals surface area contributed by atoms with Gasteiger partial charge in [0.15, 0.2) is 17.4 Å². The highest BCUT2D eigenvalue weighted by Gasteiger charge is 2.34. The number of Topliss-reactive ketones (excluding diaryl/α,β-unsaturated/α-hetero) is 1. The highest BCUT2D eigenvalue weighted by molar-refractivity contribution is 5.97. The molecule has 0 aliphatic heterocycles. The molecule has 0 bridgehead atoms. The average molecular weight is 1290 g/mol. The minimum absolute atomic E-state index is 0.00980. The minimum Gasteiger partial charge on any atom is -0.352 e. The summed E-state index contributed by atoms with van der Waals surface area (Å²) in [5, 5.41) is 37.2. The number of hydrogen-bond donors (Lipinski definition) is 2. The quantitative estimate of drug-likeness (QED) is 0.0496. The zero-order valence-corrected chi connectivity index (χ0v) is 55.2. The van der Waals surface area contributed by atoms with Crippen LogP contribution in [-0.2, 0) is 75.4 Å². The van der Waals surface area contributed by atoms with Crippen LogP contribution in [0.5, 0.6) is 0 Å². The lowest BCUT2D eigenvalue weighted by molar-refractivity contribution is -0.150. The molecule has 93 heavy (non-hydrogen) atoms. The Hall–Kier alpha value is -10.4. The molecule has 4 rings (SSSR count). The van der Waals surface area contributed by atoms with Crippen LogP contribution in [0.15, 0.2) is 48.5 Å². The van der Waals surface area contributed by atoms with Crippen molar-refractivity contribution in [2.24, 2.45) is 5.92 Å². The van der Waals surface area contributed by atoms with Crippen molar-refractivity contribution in [3.05, 3.63) is 71.3 Å². The molecule has 12 amide bonds. The number of aromatic nitrogens is 8. The second-order valence-corrected chi connectivity index (χ2v) is 22.9. The van der Waals surface area contributed by atoms with Crippen molar-refractivity contribution in [1.29, 1.82) is 0 Å². The van der Waals surface area contributed by atoms with Crippen LogP contribution in [0.1, 0.15) is 62.3 Å². The molecule has 0 aliphatic carbocycles. The monoisotopic (exact) mass is 1290 g/mol. The Morgan fingerprint density at radius 2 is 0.667 bits per heavy atom. The van der Waals surface area contributed by atoms with Gasteiger partial charge >= 0.3 is 0 Å². The highest BCUT2D eigenvalue weighted by atomic mass is 16.2. The number of nitrogens with zero attached hydrogens (tertiary/aromatic N) is 18. The number of amides is 12. The largest absolute Gasteiger partial charge is 0.352 e. The zero-order chi connectivity index (χ0) is 69.4. The topological polar surface area (TPSA) is 381 Å². The summed E-state index contributed by atoms with van der Waals surface area (Å²) >= 11 is 0. The normalized spacial score (nSPS) is 11.1. The summed E-state index contributed by atoms with van der Waals surface area (Å²) < 4.78 is 0. The zero-order valence-electron chi connectivity index (χ0n) is 55.2. The Labute approximate surface area is 539 Å². The second kappa shape index (κ2) is 35.9. The maximum Gasteiger partial charge on any atom is 0.246 e. The molecule has 0 radical (unpaired) electrons. The number of ketones is 1. The Morgan fingerprint density at radius 1 is 0.366 bits per heavy atom. The van der Waals surface area contributed by atoms with Crippen LogP contribution in [0, 0.1) is 19.8 Å². The van der Waals surface area contributed by atoms with E-state index in [1.54, 1.807) is 64.1 Å². The Morgan fingerprint density at radius 3 is 1.01 bits per heavy atom. The molecule has 0 spiro atoms. The van der Waals surface area contributed by atoms with E-state index in [9.17, 15) is 62.3 Å². The van der Waals surface area contributed by atoms with E-state index in [1.807, 2.05) is 12.1 Å². The van der Waals surface area contributed by atoms with E-state index in [2.05, 4.69) is 51.4 Å². The third-order valence-electron chi connectivity index (χ3n) is 14.7. The molecule has 0 saturated carbocycles. The smallest absolute Gasteiger partial charge is 0.246 e. The van der Waals surface area contributed by atoms with Crippen molar-refractivity contribution in [3.8, 4) is 22.8 Å². The first-order chi connectivity index (χ1) is 43.7. The van der Waals surface area contributed by atoms with Crippen LogP contribution in [0.4, 0.5) is 0 Å². The number of benzene rings is 2. The first-order valence-electron chi connectivity index (χ1n) is 29.5. The molecule has 33 nitrogen and oxygen atoms in total. The van der Waals surface area contributed by atoms with Crippen molar-refractivity contribution in [2.45, 2.75) is 72.5 Å². The molecular formula is C60H84N20O13. The third kappa shape index (κ3) is 24.4. The van der Waals surface area contributed by atoms with Crippen LogP contribution in [0.2, 0.25) is 0 Å². The predicted molar refractivity (Wildman–Crippen MR) is 333 cm³/mol. The van der Waals surface area contributed by atoms with Gasteiger partial charge in [-0.15, -0.1) is 40.8 Å². The van der Waals surface area contributed by atoms with Gasteiger partial charge in [0, 0.05) is 113 Å². The van der Waals surface area contributed by atoms with Crippen LogP contribution >= 0.6 is 0 Å². The molecule has 2 heterocycles. The molecule has 1 atom stereocenters. The summed E-state index contributed by atoms with van der Waals surface area (Å²) in [6.07, 6.45) is -0.353. The summed E-state index contributed by atoms with van der Waals surface area (Å²) in [5.41, 5.74) is 2.79. The average Bonchev–Trinajstić information content (AvgIpc) is 1.20. The van der Waals surface area contributed by atoms with Crippen molar-refractivity contribution in [2.75, 3.05) is 129 Å². The number of carbonyl (C=O) groups is 13. The molecule has 0 fully saturated rings. The van der Waals surface area contributed by atoms with E-state index in [-0.39, 0.29) is 75.4 Å². The van der Waals surface area contributed by atoms with Gasteiger partial charge in [-0.3, -0.25) is 62.3 Å². The fourth-order valence-electron chi connectivity index (χ4n) is 8.26. The van der Waals surface area contributed by atoms with Crippen molar-refractivity contribution in [3.63, 3.8) is 0 Å². The molecule has 502 valence electrons. The van der Waals surface area contributed by atoms with Gasteiger partial charge in [-0.05, 0) is 31.4 Å². The van der Waals surface area contributed by atoms with Gasteiger partial charge in [0.25, 0.3) is 0 Å². The predicted octanol–water partition coefficient (Wildman–Crippen LogP) is -2.53. The fourth-order valence-corrected chi connectivity index (χ4v) is 8.26. The molecule has 0 aliphatic rings. The van der Waals surface area contributed by atoms with Crippen LogP contribution in [0.25, 0.3) is 22.8 Å². The lowest BCUT2D eigenvalue weighted by Crippen LogP contribution is -2.54. The lowest BCUT2D eigenvalue weighted by atomic mass is 10.1. The van der Waals surface area contributed by atoms with Crippen LogP contribution in [-0.4, -0.2) is 302 Å². The van der Waals surface area contributed by atoms with E-state index in [1.165, 1.54) is 80.3 Å². The standard InChI is InChI=1S/C60H84N20O13/c1-38(2)46(81)29-71(5)50(85)31-73(7)54(89)34-77(11)56(91)36-79(13)60(93)45(26-48(83)62-28-42-20-24-44(25-21-42)59-69-65-40(4)66-70-59)80(14)57(92)37-78(12)55(90)35-76(10)53(88)33-75(9)52(87)32-74(8)51(86)30-72(6)49(84)17-15-16-47(82)61-27-41-18-22-43(23-19-41)58-67-63-39(3)64-68-58/h18-25,38,45H,15-17,26-37H2,1-14H3,(H,61,82)(H,62,83). The fraction of sp³-hybridized carbons (Fsp3) is 0.517. The van der Waals surface area contributed by atoms with E-state index in [4.69, 9.17) is 0 Å². The first-order valence-corrected chi connectivity index (χ1v) is 29.5. The van der Waals surface area contributed by atoms with Crippen molar-refractivity contribution in [1.82, 2.24) is 100 Å². The van der Waals surface area contributed by atoms with Gasteiger partial charge in [-0.25, -0.2) is 0 Å². The highest BCUT2D eigenvalue weighted by Crippen LogP contribution is 2.17. The molecule has 2 N–H and O–H groups in total. The number of aryl methyl sites for hydroxylation is 2. The lowest BCUT2D eigenvalue weighted by Gasteiger charge is -2.32. The summed E-state index contributed by atoms with van der Waals surface area (Å²) in [7, 11) is 13.3. The second-order valence-electron chi connectivity index (χ2n) is 22.9. The molecule has 2 aromatic carbocycles. The molecular weight excluding hydrogens is 1210 g/mol. The van der Waals surface area contributed by atoms with Crippen molar-refractivity contribution < 1.29 is 62.3 Å². The maximum absolute atomic E-state index is 14.3. The van der Waals surface area contributed by atoms with Gasteiger partial charge < -0.3 is 59.6 Å². The molecule has 0 saturated heterocycles. The summed E-state index contributed by atoms with van der Waals surface area (Å²) in [6, 6.07) is 12.4. The van der Waals surface area contributed by atoms with E-state index in [0.29, 0.717) is 34.2 Å². The minimum atomic E-state index is -1.54. The Bertz CT molecular complexity index is 3320. The molecule has 33 heteroatoms. The van der Waals surface area contributed by atoms with E-state index in [0.717, 1.165) is 44.8 Å². The Balaban J connectivity index is 1.28. The van der Waals surface area contributed by atoms with Gasteiger partial charge in [0.05, 0.1) is 65.3 Å². The molecule has 4 aromatic rings. The number of carbonyl (C=O) groups excluding carboxylic acids is 13. The Kier molecular flexibility index (Phi) is 29.0. The van der Waals surface area contributed by atoms with Crippen LogP contribution < -0.4 is 10.6 Å². The molecule has 2 aromatic heterocycles. The maximum atomic E-state index is 14.3. The summed E-state index contributed by atoms with van der Waals surface area (Å²) in [4.78, 5) is 182. The number of nitrogens with one attached hydrogen (secondary N) is 2. The number of hydrogen-bond acceptors (Lipinski definition) is 21. The van der Waals surface area contributed by atoms with Gasteiger partial charge in [0.2, 0.25) is 82.5 Å². The number of rotatable bonds is 33. The van der Waals surface area contributed by atoms with E-state index < -0.39 is 117 Å².